The molecule has 1 aliphatic heterocycles. The van der Waals surface area contributed by atoms with Gasteiger partial charge in [0.25, 0.3) is 0 Å². The van der Waals surface area contributed by atoms with Gasteiger partial charge in [0, 0.05) is 58.7 Å². The van der Waals surface area contributed by atoms with E-state index in [0.29, 0.717) is 0 Å². The molecule has 0 atom stereocenters. The number of hydrogen-bond donors (Lipinski definition) is 1. The third kappa shape index (κ3) is 6.84. The number of guanidine groups is 1. The van der Waals surface area contributed by atoms with Crippen molar-refractivity contribution in [1.82, 2.24) is 10.2 Å². The fraction of sp³-hybridized carbons (Fsp3) is 0.611. The van der Waals surface area contributed by atoms with E-state index in [1.165, 1.54) is 5.69 Å². The predicted octanol–water partition coefficient (Wildman–Crippen LogP) is 2.82. The maximum absolute atomic E-state index is 5.36. The average Bonchev–Trinajstić information content (AvgIpc) is 2.62. The van der Waals surface area contributed by atoms with Gasteiger partial charge >= 0.3 is 0 Å². The van der Waals surface area contributed by atoms with Gasteiger partial charge in [-0.05, 0) is 31.9 Å². The third-order valence-electron chi connectivity index (χ3n) is 4.12. The molecular formula is C18H31IN4O. The van der Waals surface area contributed by atoms with Gasteiger partial charge in [-0.25, -0.2) is 0 Å². The van der Waals surface area contributed by atoms with Crippen molar-refractivity contribution in [3.63, 3.8) is 0 Å². The summed E-state index contributed by atoms with van der Waals surface area (Å²) in [5, 5.41) is 3.47. The van der Waals surface area contributed by atoms with Gasteiger partial charge in [-0.15, -0.1) is 24.0 Å². The van der Waals surface area contributed by atoms with Crippen LogP contribution in [0.4, 0.5) is 5.69 Å². The smallest absolute Gasteiger partial charge is 0.193 e. The first-order valence-electron chi connectivity index (χ1n) is 8.68. The van der Waals surface area contributed by atoms with Crippen molar-refractivity contribution in [2.75, 3.05) is 57.9 Å². The molecule has 1 N–H and O–H groups in total. The quantitative estimate of drug-likeness (QED) is 0.303. The number of unbranched alkanes of at least 4 members (excludes halogenated alkanes) is 1. The van der Waals surface area contributed by atoms with E-state index < -0.39 is 0 Å². The van der Waals surface area contributed by atoms with Gasteiger partial charge in [0.1, 0.15) is 0 Å². The summed E-state index contributed by atoms with van der Waals surface area (Å²) < 4.78 is 5.36. The lowest BCUT2D eigenvalue weighted by atomic mass is 10.2. The molecule has 0 unspecified atom stereocenters. The Kier molecular flexibility index (Phi) is 10.8. The molecule has 6 heteroatoms. The molecule has 1 fully saturated rings. The van der Waals surface area contributed by atoms with E-state index in [2.05, 4.69) is 50.4 Å². The van der Waals surface area contributed by atoms with E-state index in [9.17, 15) is 0 Å². The number of nitrogens with zero attached hydrogens (tertiary/aromatic N) is 3. The summed E-state index contributed by atoms with van der Waals surface area (Å²) in [7, 11) is 1.87. The molecule has 0 radical (unpaired) electrons. The van der Waals surface area contributed by atoms with Crippen LogP contribution in [0.15, 0.2) is 35.3 Å². The highest BCUT2D eigenvalue weighted by atomic mass is 127. The van der Waals surface area contributed by atoms with Crippen molar-refractivity contribution in [2.24, 2.45) is 4.99 Å². The van der Waals surface area contributed by atoms with Crippen LogP contribution >= 0.6 is 24.0 Å². The van der Waals surface area contributed by atoms with Crippen molar-refractivity contribution >= 4 is 35.6 Å². The summed E-state index contributed by atoms with van der Waals surface area (Å²) in [4.78, 5) is 9.21. The topological polar surface area (TPSA) is 40.1 Å². The monoisotopic (exact) mass is 446 g/mol. The van der Waals surface area contributed by atoms with E-state index in [-0.39, 0.29) is 24.0 Å². The zero-order chi connectivity index (χ0) is 16.3. The molecule has 0 spiro atoms. The molecule has 1 aliphatic rings. The Balaban J connectivity index is 0.00000288. The second kappa shape index (κ2) is 12.4. The van der Waals surface area contributed by atoms with E-state index >= 15 is 0 Å². The summed E-state index contributed by atoms with van der Waals surface area (Å²) in [6.07, 6.45) is 2.21. The number of halogens is 1. The number of anilines is 1. The number of aliphatic imine (C=N–C) groups is 1. The molecule has 0 aromatic heterocycles. The summed E-state index contributed by atoms with van der Waals surface area (Å²) in [5.74, 6) is 1.02. The van der Waals surface area contributed by atoms with Crippen LogP contribution < -0.4 is 10.2 Å². The van der Waals surface area contributed by atoms with Crippen molar-refractivity contribution in [1.29, 1.82) is 0 Å². The van der Waals surface area contributed by atoms with Gasteiger partial charge in [0.2, 0.25) is 0 Å². The van der Waals surface area contributed by atoms with Gasteiger partial charge in [0.15, 0.2) is 5.96 Å². The fourth-order valence-electron chi connectivity index (χ4n) is 2.82. The van der Waals surface area contributed by atoms with E-state index in [4.69, 9.17) is 4.74 Å². The molecule has 136 valence electrons. The van der Waals surface area contributed by atoms with Crippen molar-refractivity contribution < 1.29 is 4.74 Å². The molecule has 0 saturated carbocycles. The molecule has 0 aliphatic carbocycles. The van der Waals surface area contributed by atoms with Crippen molar-refractivity contribution in [3.8, 4) is 0 Å². The Bertz CT molecular complexity index is 461. The molecule has 0 bridgehead atoms. The zero-order valence-corrected chi connectivity index (χ0v) is 17.2. The number of rotatable bonds is 7. The first kappa shape index (κ1) is 21.0. The molecule has 0 amide bonds. The fourth-order valence-corrected chi connectivity index (χ4v) is 2.82. The molecule has 1 aromatic carbocycles. The van der Waals surface area contributed by atoms with Crippen LogP contribution in [0.25, 0.3) is 0 Å². The van der Waals surface area contributed by atoms with Crippen molar-refractivity contribution in [3.05, 3.63) is 30.3 Å². The maximum Gasteiger partial charge on any atom is 0.193 e. The van der Waals surface area contributed by atoms with E-state index in [0.717, 1.165) is 64.7 Å². The lowest BCUT2D eigenvalue weighted by Crippen LogP contribution is -2.52. The van der Waals surface area contributed by atoms with Crippen LogP contribution in [0.3, 0.4) is 0 Å². The lowest BCUT2D eigenvalue weighted by molar-refractivity contribution is 0.143. The van der Waals surface area contributed by atoms with Crippen LogP contribution in [0.5, 0.6) is 0 Å². The highest BCUT2D eigenvalue weighted by molar-refractivity contribution is 14.0. The Morgan fingerprint density at radius 1 is 1.12 bits per heavy atom. The molecule has 1 saturated heterocycles. The zero-order valence-electron chi connectivity index (χ0n) is 14.9. The standard InChI is InChI=1S/C18H30N4O.HI/c1-3-23-16-8-7-11-20-18(19-2)22-14-12-21(13-15-22)17-9-5-4-6-10-17;/h4-6,9-10H,3,7-8,11-16H2,1-2H3,(H,19,20);1H. The van der Waals surface area contributed by atoms with E-state index in [1.807, 2.05) is 14.0 Å². The van der Waals surface area contributed by atoms with Crippen molar-refractivity contribution in [2.45, 2.75) is 19.8 Å². The third-order valence-corrected chi connectivity index (χ3v) is 4.12. The molecule has 1 heterocycles. The van der Waals surface area contributed by atoms with Crippen LogP contribution in [-0.2, 0) is 4.74 Å². The van der Waals surface area contributed by atoms with E-state index in [1.54, 1.807) is 0 Å². The number of nitrogens with one attached hydrogen (secondary N) is 1. The summed E-state index contributed by atoms with van der Waals surface area (Å²) >= 11 is 0. The molecule has 5 nitrogen and oxygen atoms in total. The summed E-state index contributed by atoms with van der Waals surface area (Å²) in [6.45, 7) is 8.74. The lowest BCUT2D eigenvalue weighted by Gasteiger charge is -2.37. The Morgan fingerprint density at radius 3 is 2.46 bits per heavy atom. The Hall–Kier alpha value is -1.02. The normalized spacial score (nSPS) is 15.2. The average molecular weight is 446 g/mol. The maximum atomic E-state index is 5.36. The second-order valence-corrected chi connectivity index (χ2v) is 5.69. The molecule has 24 heavy (non-hydrogen) atoms. The minimum atomic E-state index is 0. The SMILES string of the molecule is CCOCCCCNC(=NC)N1CCN(c2ccccc2)CC1.I. The molecule has 1 aromatic rings. The Morgan fingerprint density at radius 2 is 1.83 bits per heavy atom. The number of para-hydroxylation sites is 1. The minimum absolute atomic E-state index is 0. The van der Waals surface area contributed by atoms with Crippen LogP contribution in [0.1, 0.15) is 19.8 Å². The molecule has 2 rings (SSSR count). The number of benzene rings is 1. The number of piperazine rings is 1. The van der Waals surface area contributed by atoms with Gasteiger partial charge in [-0.2, -0.15) is 0 Å². The van der Waals surface area contributed by atoms with Crippen LogP contribution in [-0.4, -0.2) is 63.8 Å². The summed E-state index contributed by atoms with van der Waals surface area (Å²) in [6, 6.07) is 10.6. The largest absolute Gasteiger partial charge is 0.382 e. The van der Waals surface area contributed by atoms with Crippen LogP contribution in [0, 0.1) is 0 Å². The predicted molar refractivity (Wildman–Crippen MR) is 113 cm³/mol. The van der Waals surface area contributed by atoms with Crippen LogP contribution in [0.2, 0.25) is 0 Å². The minimum Gasteiger partial charge on any atom is -0.382 e. The number of ether oxygens (including phenoxy) is 1. The first-order chi connectivity index (χ1) is 11.3. The highest BCUT2D eigenvalue weighted by Crippen LogP contribution is 2.15. The highest BCUT2D eigenvalue weighted by Gasteiger charge is 2.19. The van der Waals surface area contributed by atoms with Gasteiger partial charge in [0.05, 0.1) is 0 Å². The van der Waals surface area contributed by atoms with Gasteiger partial charge in [-0.1, -0.05) is 18.2 Å². The van der Waals surface area contributed by atoms with Gasteiger partial charge < -0.3 is 19.9 Å². The second-order valence-electron chi connectivity index (χ2n) is 5.69. The molecular weight excluding hydrogens is 415 g/mol. The van der Waals surface area contributed by atoms with Gasteiger partial charge in [-0.3, -0.25) is 4.99 Å². The Labute approximate surface area is 163 Å². The first-order valence-corrected chi connectivity index (χ1v) is 8.68. The number of hydrogen-bond acceptors (Lipinski definition) is 3. The summed E-state index contributed by atoms with van der Waals surface area (Å²) in [5.41, 5.74) is 1.31.